The summed E-state index contributed by atoms with van der Waals surface area (Å²) in [5.74, 6) is 1.68. The van der Waals surface area contributed by atoms with Crippen molar-refractivity contribution in [3.8, 4) is 5.88 Å². The quantitative estimate of drug-likeness (QED) is 0.855. The predicted octanol–water partition coefficient (Wildman–Crippen LogP) is 3.27. The molecule has 0 atom stereocenters. The summed E-state index contributed by atoms with van der Waals surface area (Å²) >= 11 is 1.84. The van der Waals surface area contributed by atoms with Crippen LogP contribution in [0.4, 0.5) is 5.69 Å². The van der Waals surface area contributed by atoms with Crippen molar-refractivity contribution in [3.05, 3.63) is 24.3 Å². The van der Waals surface area contributed by atoms with Crippen LogP contribution in [0.5, 0.6) is 5.88 Å². The summed E-state index contributed by atoms with van der Waals surface area (Å²) in [6, 6.07) is 7.93. The molecule has 0 saturated carbocycles. The van der Waals surface area contributed by atoms with Gasteiger partial charge in [-0.3, -0.25) is 4.79 Å². The summed E-state index contributed by atoms with van der Waals surface area (Å²) in [6.45, 7) is 1.34. The number of fused-ring (bicyclic) bond motifs is 1. The minimum atomic E-state index is -0.379. The van der Waals surface area contributed by atoms with Crippen LogP contribution in [0.2, 0.25) is 0 Å². The molecule has 1 aliphatic rings. The minimum Gasteiger partial charge on any atom is -0.493 e. The zero-order chi connectivity index (χ0) is 13.4. The van der Waals surface area contributed by atoms with Crippen molar-refractivity contribution < 1.29 is 9.90 Å². The van der Waals surface area contributed by atoms with Gasteiger partial charge < -0.3 is 9.67 Å². The number of rotatable bonds is 2. The van der Waals surface area contributed by atoms with E-state index in [-0.39, 0.29) is 17.8 Å². The topological polar surface area (TPSA) is 66.9 Å². The van der Waals surface area contributed by atoms with Gasteiger partial charge in [0, 0.05) is 23.8 Å². The predicted molar refractivity (Wildman–Crippen MR) is 75.2 cm³/mol. The molecule has 1 aromatic heterocycles. The van der Waals surface area contributed by atoms with Crippen LogP contribution in [0.3, 0.4) is 0 Å². The Labute approximate surface area is 114 Å². The van der Waals surface area contributed by atoms with Crippen LogP contribution in [-0.2, 0) is 4.79 Å². The van der Waals surface area contributed by atoms with E-state index in [9.17, 15) is 9.90 Å². The van der Waals surface area contributed by atoms with Crippen molar-refractivity contribution in [3.63, 3.8) is 0 Å². The lowest BCUT2D eigenvalue weighted by Crippen LogP contribution is -2.22. The number of para-hydroxylation sites is 1. The van der Waals surface area contributed by atoms with Gasteiger partial charge in [0.1, 0.15) is 0 Å². The largest absolute Gasteiger partial charge is 0.493 e. The fourth-order valence-electron chi connectivity index (χ4n) is 2.19. The normalized spacial score (nSPS) is 16.1. The number of amides is 1. The van der Waals surface area contributed by atoms with E-state index in [0.717, 1.165) is 22.4 Å². The molecule has 1 aromatic carbocycles. The van der Waals surface area contributed by atoms with Gasteiger partial charge in [0.2, 0.25) is 5.88 Å². The average Bonchev–Trinajstić information content (AvgIpc) is 2.59. The van der Waals surface area contributed by atoms with Gasteiger partial charge in [0.05, 0.1) is 11.6 Å². The van der Waals surface area contributed by atoms with Crippen LogP contribution in [0.15, 0.2) is 34.5 Å². The van der Waals surface area contributed by atoms with Gasteiger partial charge >= 0.3 is 0 Å². The molecule has 1 fully saturated rings. The van der Waals surface area contributed by atoms with Crippen LogP contribution in [-0.4, -0.2) is 27.1 Å². The fraction of sp³-hybridized carbons (Fsp3) is 0.308. The molecule has 0 bridgehead atoms. The number of aromatic hydroxyl groups is 1. The summed E-state index contributed by atoms with van der Waals surface area (Å²) in [5, 5.41) is 18.6. The van der Waals surface area contributed by atoms with Crippen molar-refractivity contribution in [2.24, 2.45) is 10.2 Å². The number of hydrogen-bond acceptors (Lipinski definition) is 4. The van der Waals surface area contributed by atoms with Crippen molar-refractivity contribution >= 4 is 34.3 Å². The Kier molecular flexibility index (Phi) is 3.02. The monoisotopic (exact) mass is 275 g/mol. The Morgan fingerprint density at radius 1 is 1.42 bits per heavy atom. The van der Waals surface area contributed by atoms with Gasteiger partial charge in [-0.15, -0.1) is 10.2 Å². The summed E-state index contributed by atoms with van der Waals surface area (Å²) < 4.78 is 1.89. The summed E-state index contributed by atoms with van der Waals surface area (Å²) in [6.07, 6.45) is 0. The molecule has 6 heteroatoms. The van der Waals surface area contributed by atoms with Crippen LogP contribution >= 0.6 is 11.8 Å². The van der Waals surface area contributed by atoms with Crippen molar-refractivity contribution in [2.45, 2.75) is 13.0 Å². The highest BCUT2D eigenvalue weighted by molar-refractivity contribution is 8.00. The van der Waals surface area contributed by atoms with Gasteiger partial charge in [-0.1, -0.05) is 18.2 Å². The zero-order valence-corrected chi connectivity index (χ0v) is 11.2. The number of hydrogen-bond donors (Lipinski definition) is 1. The van der Waals surface area contributed by atoms with E-state index in [1.807, 2.05) is 40.6 Å². The van der Waals surface area contributed by atoms with E-state index in [1.165, 1.54) is 6.92 Å². The van der Waals surface area contributed by atoms with Gasteiger partial charge in [-0.25, -0.2) is 0 Å². The summed E-state index contributed by atoms with van der Waals surface area (Å²) in [5.41, 5.74) is 1.31. The Morgan fingerprint density at radius 2 is 2.16 bits per heavy atom. The van der Waals surface area contributed by atoms with E-state index < -0.39 is 0 Å². The third-order valence-electron chi connectivity index (χ3n) is 3.14. The molecule has 2 aromatic rings. The highest BCUT2D eigenvalue weighted by atomic mass is 32.2. The van der Waals surface area contributed by atoms with Crippen LogP contribution in [0.25, 0.3) is 10.9 Å². The Morgan fingerprint density at radius 3 is 2.79 bits per heavy atom. The highest BCUT2D eigenvalue weighted by Gasteiger charge is 2.27. The molecule has 98 valence electrons. The summed E-state index contributed by atoms with van der Waals surface area (Å²) in [7, 11) is 0. The minimum absolute atomic E-state index is 0.0940. The van der Waals surface area contributed by atoms with Crippen molar-refractivity contribution in [1.29, 1.82) is 0 Å². The number of aromatic nitrogens is 1. The average molecular weight is 275 g/mol. The number of carbonyl (C=O) groups excluding carboxylic acids is 1. The molecule has 1 saturated heterocycles. The second kappa shape index (κ2) is 4.70. The van der Waals surface area contributed by atoms with Gasteiger partial charge in [0.15, 0.2) is 5.69 Å². The molecule has 0 aliphatic carbocycles. The molecule has 0 unspecified atom stereocenters. The maximum atomic E-state index is 10.9. The first-order valence-electron chi connectivity index (χ1n) is 6.00. The van der Waals surface area contributed by atoms with Crippen LogP contribution in [0.1, 0.15) is 13.0 Å². The Balaban J connectivity index is 2.20. The maximum absolute atomic E-state index is 10.9. The van der Waals surface area contributed by atoms with E-state index in [4.69, 9.17) is 0 Å². The van der Waals surface area contributed by atoms with Crippen LogP contribution in [0, 0.1) is 0 Å². The van der Waals surface area contributed by atoms with Gasteiger partial charge in [-0.05, 0) is 6.07 Å². The number of nitrogens with zero attached hydrogens (tertiary/aromatic N) is 3. The molecule has 0 radical (unpaired) electrons. The molecular weight excluding hydrogens is 262 g/mol. The first-order chi connectivity index (χ1) is 9.18. The highest BCUT2D eigenvalue weighted by Crippen LogP contribution is 2.44. The molecule has 5 nitrogen and oxygen atoms in total. The van der Waals surface area contributed by atoms with E-state index >= 15 is 0 Å². The van der Waals surface area contributed by atoms with Crippen molar-refractivity contribution in [1.82, 2.24) is 4.57 Å². The van der Waals surface area contributed by atoms with Gasteiger partial charge in [0.25, 0.3) is 5.91 Å². The molecule has 3 rings (SSSR count). The lowest BCUT2D eigenvalue weighted by Gasteiger charge is -2.27. The lowest BCUT2D eigenvalue weighted by molar-refractivity contribution is -0.116. The van der Waals surface area contributed by atoms with E-state index in [1.54, 1.807) is 0 Å². The standard InChI is InChI=1S/C13H13N3O2S/c1-8(17)14-15-12-10-4-2-3-5-11(10)16(13(12)18)9-6-19-7-9/h2-5,9,18H,6-7H2,1H3. The Hall–Kier alpha value is -1.82. The smallest absolute Gasteiger partial charge is 0.261 e. The first kappa shape index (κ1) is 12.2. The Bertz CT molecular complexity index is 674. The molecule has 0 spiro atoms. The number of carbonyl (C=O) groups is 1. The number of thioether (sulfide) groups is 1. The molecule has 2 heterocycles. The van der Waals surface area contributed by atoms with Crippen LogP contribution < -0.4 is 0 Å². The molecule has 1 aliphatic heterocycles. The SMILES string of the molecule is CC(=O)N=Nc1c(O)n(C2CSC2)c2ccccc12. The van der Waals surface area contributed by atoms with Gasteiger partial charge in [-0.2, -0.15) is 11.8 Å². The number of benzene rings is 1. The molecular formula is C13H13N3O2S. The molecule has 19 heavy (non-hydrogen) atoms. The number of azo groups is 1. The summed E-state index contributed by atoms with van der Waals surface area (Å²) in [4.78, 5) is 10.9. The second-order valence-electron chi connectivity index (χ2n) is 4.47. The van der Waals surface area contributed by atoms with Crippen molar-refractivity contribution in [2.75, 3.05) is 11.5 Å². The third-order valence-corrected chi connectivity index (χ3v) is 4.38. The van der Waals surface area contributed by atoms with E-state index in [2.05, 4.69) is 10.2 Å². The van der Waals surface area contributed by atoms with E-state index in [0.29, 0.717) is 5.69 Å². The second-order valence-corrected chi connectivity index (χ2v) is 5.54. The maximum Gasteiger partial charge on any atom is 0.261 e. The third kappa shape index (κ3) is 2.02. The molecule has 1 N–H and O–H groups in total. The molecule has 1 amide bonds. The fourth-order valence-corrected chi connectivity index (χ4v) is 2.94. The zero-order valence-electron chi connectivity index (χ0n) is 10.4. The lowest BCUT2D eigenvalue weighted by atomic mass is 10.2. The first-order valence-corrected chi connectivity index (χ1v) is 7.16.